The minimum absolute atomic E-state index is 0.0282. The molecule has 32 heavy (non-hydrogen) atoms. The number of anilines is 1. The topological polar surface area (TPSA) is 96.0 Å². The molecule has 0 aromatic heterocycles. The van der Waals surface area contributed by atoms with Crippen molar-refractivity contribution in [3.8, 4) is 0 Å². The molecule has 0 bridgehead atoms. The van der Waals surface area contributed by atoms with E-state index in [1.807, 2.05) is 6.92 Å². The number of carbonyl (C=O) groups is 2. The molecular weight excluding hydrogens is 430 g/mol. The number of sulfonamides is 1. The molecule has 0 aliphatic carbocycles. The first-order valence-electron chi connectivity index (χ1n) is 11.6. The van der Waals surface area contributed by atoms with Crippen LogP contribution in [0.1, 0.15) is 52.9 Å². The fourth-order valence-electron chi connectivity index (χ4n) is 4.38. The summed E-state index contributed by atoms with van der Waals surface area (Å²) in [7, 11) is -3.55. The molecule has 9 heteroatoms. The predicted molar refractivity (Wildman–Crippen MR) is 123 cm³/mol. The highest BCUT2D eigenvalue weighted by Gasteiger charge is 2.35. The summed E-state index contributed by atoms with van der Waals surface area (Å²) in [6.07, 6.45) is 4.43. The highest BCUT2D eigenvalue weighted by atomic mass is 32.2. The van der Waals surface area contributed by atoms with Gasteiger partial charge in [-0.25, -0.2) is 8.42 Å². The number of benzene rings is 1. The second-order valence-corrected chi connectivity index (χ2v) is 10.5. The van der Waals surface area contributed by atoms with Gasteiger partial charge in [0.05, 0.1) is 16.9 Å². The van der Waals surface area contributed by atoms with Gasteiger partial charge in [-0.05, 0) is 56.9 Å². The summed E-state index contributed by atoms with van der Waals surface area (Å²) in [6.45, 7) is 7.50. The van der Waals surface area contributed by atoms with Gasteiger partial charge in [-0.3, -0.25) is 9.59 Å². The summed E-state index contributed by atoms with van der Waals surface area (Å²) >= 11 is 0. The van der Waals surface area contributed by atoms with Crippen molar-refractivity contribution >= 4 is 27.5 Å². The lowest BCUT2D eigenvalue weighted by molar-refractivity contribution is -0.126. The van der Waals surface area contributed by atoms with Gasteiger partial charge in [0.2, 0.25) is 21.8 Å². The molecule has 2 aliphatic rings. The van der Waals surface area contributed by atoms with Gasteiger partial charge in [-0.2, -0.15) is 4.31 Å². The third-order valence-corrected chi connectivity index (χ3v) is 8.39. The predicted octanol–water partition coefficient (Wildman–Crippen LogP) is 2.53. The summed E-state index contributed by atoms with van der Waals surface area (Å²) in [5, 5.41) is 3.03. The average molecular weight is 466 g/mol. The summed E-state index contributed by atoms with van der Waals surface area (Å²) < 4.78 is 32.3. The molecule has 3 rings (SSSR count). The molecule has 0 saturated carbocycles. The average Bonchev–Trinajstić information content (AvgIpc) is 3.43. The monoisotopic (exact) mass is 465 g/mol. The zero-order valence-electron chi connectivity index (χ0n) is 19.2. The Balaban J connectivity index is 1.57. The first kappa shape index (κ1) is 24.7. The summed E-state index contributed by atoms with van der Waals surface area (Å²) in [5.74, 6) is -0.648. The number of carbonyl (C=O) groups excluding carboxylic acids is 2. The Bertz CT molecular complexity index is 893. The van der Waals surface area contributed by atoms with Crippen LogP contribution in [0, 0.1) is 5.92 Å². The Morgan fingerprint density at radius 2 is 1.94 bits per heavy atom. The van der Waals surface area contributed by atoms with Crippen molar-refractivity contribution in [2.75, 3.05) is 31.1 Å². The minimum atomic E-state index is -3.55. The van der Waals surface area contributed by atoms with Crippen molar-refractivity contribution in [2.45, 2.75) is 69.9 Å². The number of rotatable bonds is 10. The van der Waals surface area contributed by atoms with E-state index in [2.05, 4.69) is 5.32 Å². The van der Waals surface area contributed by atoms with Crippen LogP contribution in [-0.2, 0) is 24.3 Å². The number of nitrogens with one attached hydrogen (secondary N) is 1. The van der Waals surface area contributed by atoms with Crippen molar-refractivity contribution < 1.29 is 22.7 Å². The molecule has 1 aromatic rings. The van der Waals surface area contributed by atoms with Crippen LogP contribution < -0.4 is 10.2 Å². The minimum Gasteiger partial charge on any atom is -0.378 e. The van der Waals surface area contributed by atoms with Gasteiger partial charge >= 0.3 is 0 Å². The molecule has 3 unspecified atom stereocenters. The van der Waals surface area contributed by atoms with Gasteiger partial charge in [0.25, 0.3) is 0 Å². The van der Waals surface area contributed by atoms with E-state index in [0.717, 1.165) is 32.3 Å². The zero-order valence-corrected chi connectivity index (χ0v) is 20.1. The number of ether oxygens (including phenoxy) is 1. The van der Waals surface area contributed by atoms with Crippen molar-refractivity contribution in [1.82, 2.24) is 9.62 Å². The van der Waals surface area contributed by atoms with Crippen molar-refractivity contribution in [2.24, 2.45) is 5.92 Å². The first-order chi connectivity index (χ1) is 15.3. The molecule has 2 amide bonds. The van der Waals surface area contributed by atoms with Crippen molar-refractivity contribution in [3.63, 3.8) is 0 Å². The molecule has 2 heterocycles. The molecule has 2 fully saturated rings. The Hall–Kier alpha value is -1.97. The van der Waals surface area contributed by atoms with Crippen molar-refractivity contribution in [3.05, 3.63) is 24.3 Å². The summed E-state index contributed by atoms with van der Waals surface area (Å²) in [4.78, 5) is 27.0. The van der Waals surface area contributed by atoms with E-state index in [0.29, 0.717) is 31.4 Å². The largest absolute Gasteiger partial charge is 0.378 e. The molecule has 0 spiro atoms. The van der Waals surface area contributed by atoms with E-state index in [1.54, 1.807) is 30.9 Å². The van der Waals surface area contributed by atoms with Gasteiger partial charge in [0.15, 0.2) is 0 Å². The maximum Gasteiger partial charge on any atom is 0.243 e. The van der Waals surface area contributed by atoms with Crippen LogP contribution in [0.4, 0.5) is 5.69 Å². The number of amides is 2. The summed E-state index contributed by atoms with van der Waals surface area (Å²) in [6, 6.07) is 6.35. The molecular formula is C23H35N3O5S. The molecule has 8 nitrogen and oxygen atoms in total. The fourth-order valence-corrected chi connectivity index (χ4v) is 5.84. The number of nitrogens with zero attached hydrogens (tertiary/aromatic N) is 2. The van der Waals surface area contributed by atoms with Gasteiger partial charge in [0, 0.05) is 44.4 Å². The lowest BCUT2D eigenvalue weighted by Crippen LogP contribution is -2.38. The molecule has 2 aliphatic heterocycles. The molecule has 1 aromatic carbocycles. The van der Waals surface area contributed by atoms with E-state index in [1.165, 1.54) is 16.4 Å². The van der Waals surface area contributed by atoms with Gasteiger partial charge in [-0.15, -0.1) is 0 Å². The molecule has 1 N–H and O–H groups in total. The third-order valence-electron chi connectivity index (χ3n) is 6.32. The van der Waals surface area contributed by atoms with E-state index >= 15 is 0 Å². The Labute approximate surface area is 191 Å². The number of hydrogen-bond donors (Lipinski definition) is 1. The Kier molecular flexibility index (Phi) is 8.30. The Morgan fingerprint density at radius 3 is 2.53 bits per heavy atom. The van der Waals surface area contributed by atoms with Crippen molar-refractivity contribution in [1.29, 1.82) is 0 Å². The van der Waals surface area contributed by atoms with Crippen LogP contribution in [0.2, 0.25) is 0 Å². The number of hydrogen-bond acceptors (Lipinski definition) is 5. The van der Waals surface area contributed by atoms with E-state index in [-0.39, 0.29) is 29.2 Å². The second-order valence-electron chi connectivity index (χ2n) is 8.61. The SMILES string of the molecule is CCN(CC)S(=O)(=O)c1ccc(N2CC(C(=O)NC(C)CCC3CCCO3)CC2=O)cc1. The zero-order chi connectivity index (χ0) is 23.3. The van der Waals surface area contributed by atoms with Crippen LogP contribution in [0.25, 0.3) is 0 Å². The normalized spacial score (nSPS) is 22.5. The highest BCUT2D eigenvalue weighted by molar-refractivity contribution is 7.89. The van der Waals surface area contributed by atoms with Gasteiger partial charge in [-0.1, -0.05) is 13.8 Å². The molecule has 2 saturated heterocycles. The van der Waals surface area contributed by atoms with Crippen LogP contribution in [-0.4, -0.2) is 62.9 Å². The quantitative estimate of drug-likeness (QED) is 0.573. The van der Waals surface area contributed by atoms with E-state index < -0.39 is 15.9 Å². The van der Waals surface area contributed by atoms with Crippen LogP contribution in [0.15, 0.2) is 29.2 Å². The van der Waals surface area contributed by atoms with Crippen LogP contribution >= 0.6 is 0 Å². The standard InChI is InChI=1S/C23H35N3O5S/c1-4-25(5-2)32(29,30)21-12-9-19(10-13-21)26-16-18(15-22(26)27)23(28)24-17(3)8-11-20-7-6-14-31-20/h9-10,12-13,17-18,20H,4-8,11,14-16H2,1-3H3,(H,24,28). The molecule has 178 valence electrons. The maximum absolute atomic E-state index is 12.7. The fraction of sp³-hybridized carbons (Fsp3) is 0.652. The van der Waals surface area contributed by atoms with Crippen LogP contribution in [0.5, 0.6) is 0 Å². The smallest absolute Gasteiger partial charge is 0.243 e. The van der Waals surface area contributed by atoms with E-state index in [4.69, 9.17) is 4.74 Å². The molecule has 0 radical (unpaired) electrons. The second kappa shape index (κ2) is 10.8. The third kappa shape index (κ3) is 5.68. The van der Waals surface area contributed by atoms with Gasteiger partial charge < -0.3 is 15.0 Å². The summed E-state index contributed by atoms with van der Waals surface area (Å²) in [5.41, 5.74) is 0.607. The van der Waals surface area contributed by atoms with Crippen LogP contribution in [0.3, 0.4) is 0 Å². The maximum atomic E-state index is 12.7. The lowest BCUT2D eigenvalue weighted by atomic mass is 10.0. The van der Waals surface area contributed by atoms with E-state index in [9.17, 15) is 18.0 Å². The Morgan fingerprint density at radius 1 is 1.25 bits per heavy atom. The van der Waals surface area contributed by atoms with Gasteiger partial charge in [0.1, 0.15) is 0 Å². The lowest BCUT2D eigenvalue weighted by Gasteiger charge is -2.21. The first-order valence-corrected chi connectivity index (χ1v) is 13.0. The molecule has 3 atom stereocenters. The highest BCUT2D eigenvalue weighted by Crippen LogP contribution is 2.27.